The third-order valence-electron chi connectivity index (χ3n) is 4.52. The van der Waals surface area contributed by atoms with E-state index in [4.69, 9.17) is 5.73 Å². The summed E-state index contributed by atoms with van der Waals surface area (Å²) < 4.78 is 40.5. The SMILES string of the molecule is NC(=O)C1CCN(C(=O)c2nc(C(F)(F)F)n3c2CNCC3)CC1. The number of nitrogens with zero attached hydrogens (tertiary/aromatic N) is 3. The Labute approximate surface area is 136 Å². The predicted molar refractivity (Wildman–Crippen MR) is 76.8 cm³/mol. The van der Waals surface area contributed by atoms with E-state index >= 15 is 0 Å². The van der Waals surface area contributed by atoms with Gasteiger partial charge in [-0.25, -0.2) is 4.98 Å². The second-order valence-electron chi connectivity index (χ2n) is 6.03. The first kappa shape index (κ1) is 16.7. The first-order chi connectivity index (χ1) is 11.3. The smallest absolute Gasteiger partial charge is 0.369 e. The van der Waals surface area contributed by atoms with Crippen molar-refractivity contribution in [1.29, 1.82) is 0 Å². The molecule has 1 saturated heterocycles. The van der Waals surface area contributed by atoms with Gasteiger partial charge in [-0.15, -0.1) is 0 Å². The zero-order valence-electron chi connectivity index (χ0n) is 12.9. The van der Waals surface area contributed by atoms with Crippen LogP contribution in [0, 0.1) is 5.92 Å². The predicted octanol–water partition coefficient (Wildman–Crippen LogP) is 0.343. The number of hydrogen-bond acceptors (Lipinski definition) is 4. The number of fused-ring (bicyclic) bond motifs is 1. The van der Waals surface area contributed by atoms with Crippen LogP contribution in [0.15, 0.2) is 0 Å². The zero-order valence-corrected chi connectivity index (χ0v) is 12.9. The zero-order chi connectivity index (χ0) is 17.5. The van der Waals surface area contributed by atoms with E-state index in [1.165, 1.54) is 4.90 Å². The van der Waals surface area contributed by atoms with E-state index in [0.717, 1.165) is 4.57 Å². The Morgan fingerprint density at radius 2 is 1.88 bits per heavy atom. The number of hydrogen-bond donors (Lipinski definition) is 2. The minimum atomic E-state index is -4.61. The number of rotatable bonds is 2. The van der Waals surface area contributed by atoms with Crippen LogP contribution in [-0.4, -0.2) is 45.9 Å². The van der Waals surface area contributed by atoms with E-state index in [9.17, 15) is 22.8 Å². The molecule has 132 valence electrons. The fourth-order valence-corrected chi connectivity index (χ4v) is 3.21. The lowest BCUT2D eigenvalue weighted by molar-refractivity contribution is -0.147. The molecule has 1 aromatic rings. The minimum Gasteiger partial charge on any atom is -0.369 e. The van der Waals surface area contributed by atoms with Crippen molar-refractivity contribution >= 4 is 11.8 Å². The Balaban J connectivity index is 1.86. The lowest BCUT2D eigenvalue weighted by Crippen LogP contribution is -2.42. The number of primary amides is 1. The van der Waals surface area contributed by atoms with Crippen LogP contribution in [-0.2, 0) is 24.1 Å². The number of amides is 2. The van der Waals surface area contributed by atoms with E-state index in [1.54, 1.807) is 0 Å². The van der Waals surface area contributed by atoms with Gasteiger partial charge in [0.1, 0.15) is 0 Å². The molecule has 2 aliphatic heterocycles. The molecule has 24 heavy (non-hydrogen) atoms. The standard InChI is InChI=1S/C14H18F3N5O2/c15-14(16,17)13-20-10(9-7-19-3-6-22(9)13)12(24)21-4-1-8(2-5-21)11(18)23/h8,19H,1-7H2,(H2,18,23). The van der Waals surface area contributed by atoms with Gasteiger partial charge in [0.15, 0.2) is 5.69 Å². The minimum absolute atomic E-state index is 0.119. The van der Waals surface area contributed by atoms with Crippen molar-refractivity contribution in [3.05, 3.63) is 17.2 Å². The largest absolute Gasteiger partial charge is 0.449 e. The highest BCUT2D eigenvalue weighted by Gasteiger charge is 2.41. The summed E-state index contributed by atoms with van der Waals surface area (Å²) >= 11 is 0. The van der Waals surface area contributed by atoms with E-state index in [0.29, 0.717) is 19.4 Å². The van der Waals surface area contributed by atoms with Crippen molar-refractivity contribution in [2.24, 2.45) is 11.7 Å². The Hall–Kier alpha value is -2.10. The van der Waals surface area contributed by atoms with Crippen LogP contribution < -0.4 is 11.1 Å². The molecule has 0 saturated carbocycles. The highest BCUT2D eigenvalue weighted by Crippen LogP contribution is 2.32. The van der Waals surface area contributed by atoms with Crippen molar-refractivity contribution in [3.63, 3.8) is 0 Å². The number of halogens is 3. The molecule has 1 fully saturated rings. The van der Waals surface area contributed by atoms with Gasteiger partial charge in [-0.1, -0.05) is 0 Å². The maximum absolute atomic E-state index is 13.2. The normalized spacial score (nSPS) is 19.2. The van der Waals surface area contributed by atoms with Crippen LogP contribution in [0.5, 0.6) is 0 Å². The van der Waals surface area contributed by atoms with Gasteiger partial charge in [-0.05, 0) is 12.8 Å². The third-order valence-corrected chi connectivity index (χ3v) is 4.52. The number of piperidine rings is 1. The van der Waals surface area contributed by atoms with Crippen LogP contribution in [0.1, 0.15) is 34.8 Å². The molecule has 0 atom stereocenters. The fraction of sp³-hybridized carbons (Fsp3) is 0.643. The van der Waals surface area contributed by atoms with E-state index in [-0.39, 0.29) is 43.5 Å². The Bertz CT molecular complexity index is 662. The van der Waals surface area contributed by atoms with Crippen LogP contribution in [0.3, 0.4) is 0 Å². The van der Waals surface area contributed by atoms with Gasteiger partial charge in [-0.3, -0.25) is 9.59 Å². The number of alkyl halides is 3. The molecule has 0 aliphatic carbocycles. The van der Waals surface area contributed by atoms with Crippen molar-refractivity contribution in [2.45, 2.75) is 32.1 Å². The summed E-state index contributed by atoms with van der Waals surface area (Å²) in [5.41, 5.74) is 5.35. The maximum Gasteiger partial charge on any atom is 0.449 e. The van der Waals surface area contributed by atoms with Gasteiger partial charge in [0.2, 0.25) is 11.7 Å². The molecular weight excluding hydrogens is 327 g/mol. The molecule has 2 amide bonds. The lowest BCUT2D eigenvalue weighted by atomic mass is 9.96. The van der Waals surface area contributed by atoms with Crippen molar-refractivity contribution in [1.82, 2.24) is 19.8 Å². The van der Waals surface area contributed by atoms with Crippen molar-refractivity contribution < 1.29 is 22.8 Å². The molecule has 3 rings (SSSR count). The molecule has 0 aromatic carbocycles. The molecule has 3 N–H and O–H groups in total. The monoisotopic (exact) mass is 345 g/mol. The molecule has 0 radical (unpaired) electrons. The quantitative estimate of drug-likeness (QED) is 0.808. The fourth-order valence-electron chi connectivity index (χ4n) is 3.21. The molecule has 1 aromatic heterocycles. The second kappa shape index (κ2) is 6.08. The first-order valence-electron chi connectivity index (χ1n) is 7.75. The van der Waals surface area contributed by atoms with Crippen LogP contribution in [0.25, 0.3) is 0 Å². The highest BCUT2D eigenvalue weighted by atomic mass is 19.4. The number of carbonyl (C=O) groups is 2. The summed E-state index contributed by atoms with van der Waals surface area (Å²) in [6.07, 6.45) is -3.77. The molecule has 2 aliphatic rings. The summed E-state index contributed by atoms with van der Waals surface area (Å²) in [5.74, 6) is -2.27. The van der Waals surface area contributed by atoms with Gasteiger partial charge in [0.25, 0.3) is 5.91 Å². The molecule has 0 bridgehead atoms. The molecule has 3 heterocycles. The van der Waals surface area contributed by atoms with Crippen LogP contribution in [0.4, 0.5) is 13.2 Å². The van der Waals surface area contributed by atoms with Crippen molar-refractivity contribution in [3.8, 4) is 0 Å². The average Bonchev–Trinajstić information content (AvgIpc) is 2.94. The summed E-state index contributed by atoms with van der Waals surface area (Å²) in [5, 5.41) is 2.97. The molecular formula is C14H18F3N5O2. The van der Waals surface area contributed by atoms with Gasteiger partial charge >= 0.3 is 6.18 Å². The van der Waals surface area contributed by atoms with Crippen LogP contribution in [0.2, 0.25) is 0 Å². The number of aromatic nitrogens is 2. The maximum atomic E-state index is 13.2. The van der Waals surface area contributed by atoms with E-state index < -0.39 is 23.8 Å². The Kier molecular flexibility index (Phi) is 4.24. The second-order valence-corrected chi connectivity index (χ2v) is 6.03. The number of nitrogens with two attached hydrogens (primary N) is 1. The van der Waals surface area contributed by atoms with Gasteiger partial charge in [-0.2, -0.15) is 13.2 Å². The van der Waals surface area contributed by atoms with Crippen LogP contribution >= 0.6 is 0 Å². The topological polar surface area (TPSA) is 93.2 Å². The Morgan fingerprint density at radius 1 is 1.21 bits per heavy atom. The highest BCUT2D eigenvalue weighted by molar-refractivity contribution is 5.94. The molecule has 0 spiro atoms. The first-order valence-corrected chi connectivity index (χ1v) is 7.75. The molecule has 0 unspecified atom stereocenters. The molecule has 7 nitrogen and oxygen atoms in total. The lowest BCUT2D eigenvalue weighted by Gasteiger charge is -2.30. The average molecular weight is 345 g/mol. The Morgan fingerprint density at radius 3 is 2.46 bits per heavy atom. The van der Waals surface area contributed by atoms with Crippen molar-refractivity contribution in [2.75, 3.05) is 19.6 Å². The summed E-state index contributed by atoms with van der Waals surface area (Å²) in [6.45, 7) is 1.25. The van der Waals surface area contributed by atoms with Gasteiger partial charge in [0, 0.05) is 38.6 Å². The number of nitrogens with one attached hydrogen (secondary N) is 1. The van der Waals surface area contributed by atoms with E-state index in [2.05, 4.69) is 10.3 Å². The number of carbonyl (C=O) groups excluding carboxylic acids is 2. The van der Waals surface area contributed by atoms with Gasteiger partial charge in [0.05, 0.1) is 5.69 Å². The summed E-state index contributed by atoms with van der Waals surface area (Å²) in [6, 6.07) is 0. The summed E-state index contributed by atoms with van der Waals surface area (Å²) in [7, 11) is 0. The number of likely N-dealkylation sites (tertiary alicyclic amines) is 1. The van der Waals surface area contributed by atoms with E-state index in [1.807, 2.05) is 0 Å². The summed E-state index contributed by atoms with van der Waals surface area (Å²) in [4.78, 5) is 28.9. The number of imidazole rings is 1. The third kappa shape index (κ3) is 2.97. The molecule has 10 heteroatoms. The van der Waals surface area contributed by atoms with Gasteiger partial charge < -0.3 is 20.5 Å².